The van der Waals surface area contributed by atoms with E-state index in [0.717, 1.165) is 72.8 Å². The molecule has 6 heterocycles. The van der Waals surface area contributed by atoms with E-state index in [2.05, 4.69) is 36.4 Å². The van der Waals surface area contributed by atoms with E-state index in [-0.39, 0.29) is 63.4 Å². The van der Waals surface area contributed by atoms with Crippen molar-refractivity contribution in [3.8, 4) is 88.2 Å². The molecular weight excluding hydrogens is 1790 g/mol. The third-order valence-corrected chi connectivity index (χ3v) is 29.8. The molecule has 1 aliphatic heterocycles. The van der Waals surface area contributed by atoms with Crippen LogP contribution < -0.4 is 12.9 Å². The van der Waals surface area contributed by atoms with Gasteiger partial charge in [-0.1, -0.05) is 130 Å². The Bertz CT molecular complexity index is 7520. The molecule has 0 aliphatic carbocycles. The molecule has 131 heavy (non-hydrogen) atoms. The summed E-state index contributed by atoms with van der Waals surface area (Å²) in [6.07, 6.45) is 5.64. The van der Waals surface area contributed by atoms with E-state index in [9.17, 15) is 61.2 Å². The Morgan fingerprint density at radius 3 is 0.969 bits per heavy atom. The van der Waals surface area contributed by atoms with E-state index in [4.69, 9.17) is 33.7 Å². The summed E-state index contributed by atoms with van der Waals surface area (Å²) in [6.45, 7) is 6.35. The van der Waals surface area contributed by atoms with Crippen molar-refractivity contribution < 1.29 is 94.9 Å². The van der Waals surface area contributed by atoms with Crippen LogP contribution in [0.2, 0.25) is 0 Å². The largest absolute Gasteiger partial charge is 0.481 e. The number of fused-ring (bicyclic) bond motifs is 6. The smallest absolute Gasteiger partial charge is 0.300 e. The number of sulfonamides is 3. The second kappa shape index (κ2) is 38.2. The Labute approximate surface area is 761 Å². The Morgan fingerprint density at radius 2 is 0.664 bits per heavy atom. The molecule has 12 aromatic carbocycles. The van der Waals surface area contributed by atoms with Gasteiger partial charge in [-0.05, 0) is 195 Å². The van der Waals surface area contributed by atoms with Crippen LogP contribution in [0.15, 0.2) is 285 Å². The fourth-order valence-corrected chi connectivity index (χ4v) is 20.7. The molecule has 0 bridgehead atoms. The van der Waals surface area contributed by atoms with Crippen molar-refractivity contribution in [2.75, 3.05) is 52.8 Å². The Hall–Kier alpha value is -13.7. The van der Waals surface area contributed by atoms with E-state index in [1.165, 1.54) is 87.7 Å². The van der Waals surface area contributed by atoms with Crippen LogP contribution in [-0.2, 0) is 44.7 Å². The maximum absolute atomic E-state index is 13.7. The molecule has 0 atom stereocenters. The molecule has 17 aromatic rings. The van der Waals surface area contributed by atoms with E-state index >= 15 is 0 Å². The predicted octanol–water partition coefficient (Wildman–Crippen LogP) is 24.8. The number of sulfone groups is 1. The number of nitrogens with zero attached hydrogens (tertiary/aromatic N) is 3. The molecule has 30 heteroatoms. The van der Waals surface area contributed by atoms with Crippen LogP contribution in [0.25, 0.3) is 152 Å². The first-order valence-corrected chi connectivity index (χ1v) is 49.3. The first-order chi connectivity index (χ1) is 62.4. The third-order valence-electron chi connectivity index (χ3n) is 22.1. The fourth-order valence-electron chi connectivity index (χ4n) is 15.4. The number of hydrogen-bond donors (Lipinski definition) is 3. The molecule has 18 rings (SSSR count). The molecule has 0 amide bonds. The number of carboxylic acids is 1. The maximum atomic E-state index is 13.7. The topological polar surface area (TPSA) is 315 Å². The van der Waals surface area contributed by atoms with Crippen LogP contribution in [0.3, 0.4) is 0 Å². The molecule has 0 saturated heterocycles. The normalized spacial score (nSPS) is 12.2. The van der Waals surface area contributed by atoms with Gasteiger partial charge in [0.25, 0.3) is 5.97 Å². The van der Waals surface area contributed by atoms with Gasteiger partial charge in [-0.3, -0.25) is 42.6 Å². The highest BCUT2D eigenvalue weighted by Gasteiger charge is 2.34. The van der Waals surface area contributed by atoms with Crippen LogP contribution >= 0.6 is 22.7 Å². The average molecular weight is 1880 g/mol. The van der Waals surface area contributed by atoms with Gasteiger partial charge in [0.1, 0.15) is 51.5 Å². The number of carbonyl (C=O) groups excluding carboxylic acids is 3. The minimum Gasteiger partial charge on any atom is -0.481 e. The molecule has 1 aliphatic rings. The van der Waals surface area contributed by atoms with Crippen LogP contribution in [-0.4, -0.2) is 113 Å². The number of ketones is 3. The molecule has 5 aromatic heterocycles. The molecule has 0 radical (unpaired) electrons. The first kappa shape index (κ1) is 93.5. The van der Waals surface area contributed by atoms with Crippen LogP contribution in [0.4, 0.5) is 30.2 Å². The summed E-state index contributed by atoms with van der Waals surface area (Å²) in [5, 5.41) is 23.3. The summed E-state index contributed by atoms with van der Waals surface area (Å²) in [5.74, 6) is -1.62. The molecule has 21 nitrogen and oxygen atoms in total. The number of anilines is 3. The van der Waals surface area contributed by atoms with Gasteiger partial charge in [0.05, 0.1) is 62.3 Å². The number of thiophene rings is 2. The zero-order valence-electron chi connectivity index (χ0n) is 72.0. The second-order valence-electron chi connectivity index (χ2n) is 30.7. The quantitative estimate of drug-likeness (QED) is 0.0342. The zero-order valence-corrected chi connectivity index (χ0v) is 76.9. The Morgan fingerprint density at radius 1 is 0.374 bits per heavy atom. The summed E-state index contributed by atoms with van der Waals surface area (Å²) in [7, 11) is -10.4. The molecule has 0 unspecified atom stereocenters. The van der Waals surface area contributed by atoms with E-state index < -0.39 is 63.3 Å². The molecule has 0 fully saturated rings. The first-order valence-electron chi connectivity index (χ1n) is 40.7. The van der Waals surface area contributed by atoms with Crippen molar-refractivity contribution in [3.63, 3.8) is 0 Å². The number of halogens is 3. The summed E-state index contributed by atoms with van der Waals surface area (Å²) >= 11 is 3.38. The number of carbonyl (C=O) groups is 4. The number of rotatable bonds is 21. The highest BCUT2D eigenvalue weighted by atomic mass is 32.2. The Kier molecular flexibility index (Phi) is 27.2. The minimum absolute atomic E-state index is 0.128. The molecular formula is C101H84F3N3O18S6. The summed E-state index contributed by atoms with van der Waals surface area (Å²) in [6, 6.07) is 77.5. The van der Waals surface area contributed by atoms with Crippen LogP contribution in [0, 0.1) is 17.5 Å². The van der Waals surface area contributed by atoms with Gasteiger partial charge < -0.3 is 18.4 Å². The van der Waals surface area contributed by atoms with Crippen LogP contribution in [0.5, 0.6) is 0 Å². The van der Waals surface area contributed by atoms with Crippen LogP contribution in [0.1, 0.15) is 89.2 Å². The zero-order chi connectivity index (χ0) is 94.0. The van der Waals surface area contributed by atoms with Crippen molar-refractivity contribution >= 4 is 167 Å². The lowest BCUT2D eigenvalue weighted by Crippen LogP contribution is -2.25. The summed E-state index contributed by atoms with van der Waals surface area (Å²) in [4.78, 5) is 51.3. The lowest BCUT2D eigenvalue weighted by Gasteiger charge is -2.21. The number of Topliss-reactive ketones (excluding diaryl/α,β-unsaturated/α-hetero) is 3. The molecule has 0 spiro atoms. The second-order valence-corrected chi connectivity index (χ2v) is 40.8. The van der Waals surface area contributed by atoms with Crippen molar-refractivity contribution in [2.24, 2.45) is 0 Å². The highest BCUT2D eigenvalue weighted by Crippen LogP contribution is 2.49. The highest BCUT2D eigenvalue weighted by molar-refractivity contribution is 8.01. The Balaban J connectivity index is 0.000000154. The van der Waals surface area contributed by atoms with Gasteiger partial charge >= 0.3 is 0 Å². The number of aliphatic carboxylic acids is 1. The SMILES string of the molecule is CC(=O)O.CCC(=O)c1c(-c2ccc(F)cc2)oc2cc(N(C)S(C)(=O)=O)c(-c3cccc(-c4cc5ccccc5s4)c3)cc12.CCC(=O)c1c(-c2ccc(F)cc2)oc2cc(N(C)S(C)(=O)=O)c(-c3cccc(-c4cc5ccccc5s4)c3)cc12.CCC(=O)c1c(-c2ccc(F)cc2)oc2cc(N(C)S(C)(=O)=O)c(-c3cccc(C4=Cc5ccccc5S4(=O)=O)c3)cc12.OO. The van der Waals surface area contributed by atoms with Crippen molar-refractivity contribution in [1.82, 2.24) is 0 Å². The van der Waals surface area contributed by atoms with E-state index in [0.29, 0.717) is 117 Å². The van der Waals surface area contributed by atoms with Gasteiger partial charge in [0, 0.05) is 134 Å². The third kappa shape index (κ3) is 19.5. The average Bonchev–Trinajstić information content (AvgIpc) is 1.61. The lowest BCUT2D eigenvalue weighted by molar-refractivity contribution is -0.176. The fraction of sp³-hybridized carbons (Fsp3) is 0.129. The van der Waals surface area contributed by atoms with Crippen molar-refractivity contribution in [3.05, 3.63) is 312 Å². The van der Waals surface area contributed by atoms with Gasteiger partial charge in [0.15, 0.2) is 17.3 Å². The monoisotopic (exact) mass is 1880 g/mol. The number of benzene rings is 12. The molecule has 0 saturated carbocycles. The van der Waals surface area contributed by atoms with Gasteiger partial charge in [-0.2, -0.15) is 0 Å². The minimum atomic E-state index is -3.77. The number of furan rings is 3. The van der Waals surface area contributed by atoms with Gasteiger partial charge in [0.2, 0.25) is 39.9 Å². The summed E-state index contributed by atoms with van der Waals surface area (Å²) < 4.78 is 169. The van der Waals surface area contributed by atoms with Gasteiger partial charge in [-0.25, -0.2) is 46.8 Å². The predicted molar refractivity (Wildman–Crippen MR) is 516 cm³/mol. The lowest BCUT2D eigenvalue weighted by atomic mass is 9.95. The van der Waals surface area contributed by atoms with Crippen molar-refractivity contribution in [1.29, 1.82) is 0 Å². The standard InChI is InChI=1S/C33H26FNO6S2.2C33H26FNO4S2.C2H4O2.H2O2/c1-4-28(36)32-26-18-25(21-9-7-10-22(16-21)31-17-23-8-5-6-11-30(23)43(31,39)40)27(35(2)42(3,37)38)19-29(26)41-33(32)20-12-14-24(34)15-13-20;2*1-4-28(36)32-26-18-25(21-9-7-10-22(16-21)31-17-23-8-5-6-11-30(23)40-31)27(35(2)41(3,37)38)19-29(26)39-33(32)20-12-14-24(34)15-13-20;1-2(3)4;1-2/h5-19H,4H2,1-3H3;2*5-19H,4H2,1-3H3;1H3,(H,3,4);1-2H. The van der Waals surface area contributed by atoms with E-state index in [1.807, 2.05) is 84.9 Å². The molecule has 668 valence electrons. The molecule has 3 N–H and O–H groups in total. The summed E-state index contributed by atoms with van der Waals surface area (Å²) in [5.41, 5.74) is 11.7. The maximum Gasteiger partial charge on any atom is 0.300 e. The van der Waals surface area contributed by atoms with Crippen molar-refractivity contribution in [2.45, 2.75) is 51.9 Å². The number of carboxylic acid groups (broad SMARTS) is 1. The van der Waals surface area contributed by atoms with Gasteiger partial charge in [-0.15, -0.1) is 22.7 Å². The number of hydrogen-bond acceptors (Lipinski definition) is 19. The van der Waals surface area contributed by atoms with E-state index in [1.54, 1.807) is 147 Å².